The van der Waals surface area contributed by atoms with Gasteiger partial charge in [0.05, 0.1) is 13.7 Å². The van der Waals surface area contributed by atoms with E-state index in [4.69, 9.17) is 0 Å². The quantitative estimate of drug-likeness (QED) is 0.448. The minimum atomic E-state index is -0.548. The topological polar surface area (TPSA) is 79.0 Å². The highest BCUT2D eigenvalue weighted by Gasteiger charge is 2.30. The normalized spacial score (nSPS) is 15.7. The van der Waals surface area contributed by atoms with Crippen LogP contribution in [0.25, 0.3) is 0 Å². The van der Waals surface area contributed by atoms with Crippen LogP contribution in [0.1, 0.15) is 0 Å². The van der Waals surface area contributed by atoms with Crippen LogP contribution in [-0.4, -0.2) is 55.1 Å². The van der Waals surface area contributed by atoms with Gasteiger partial charge < -0.3 is 5.32 Å². The molecule has 4 amide bonds. The lowest BCUT2D eigenvalue weighted by molar-refractivity contribution is -0.169. The number of rotatable bonds is 3. The maximum Gasteiger partial charge on any atom is 0.325 e. The molecule has 0 unspecified atom stereocenters. The molecule has 7 heteroatoms. The van der Waals surface area contributed by atoms with E-state index in [0.29, 0.717) is 0 Å². The summed E-state index contributed by atoms with van der Waals surface area (Å²) in [5.74, 6) is -0.870. The summed E-state index contributed by atoms with van der Waals surface area (Å²) >= 11 is 0. The molecular formula is C7H11N3O4. The molecule has 1 heterocycles. The lowest BCUT2D eigenvalue weighted by atomic mass is 10.5. The van der Waals surface area contributed by atoms with Gasteiger partial charge in [-0.25, -0.2) is 9.86 Å². The van der Waals surface area contributed by atoms with Gasteiger partial charge in [-0.2, -0.15) is 0 Å². The standard InChI is InChI=1S/C7H11N3O4/c1-9(14-2)6(12)4-10-5(11)3-8-7(10)13/h3-4H2,1-2H3,(H,8,13). The van der Waals surface area contributed by atoms with E-state index in [0.717, 1.165) is 9.96 Å². The number of carbonyl (C=O) groups is 3. The molecule has 0 radical (unpaired) electrons. The van der Waals surface area contributed by atoms with E-state index in [9.17, 15) is 14.4 Å². The number of hydrogen-bond acceptors (Lipinski definition) is 4. The molecule has 1 saturated heterocycles. The van der Waals surface area contributed by atoms with Crippen molar-refractivity contribution in [1.82, 2.24) is 15.3 Å². The highest BCUT2D eigenvalue weighted by Crippen LogP contribution is 1.99. The van der Waals surface area contributed by atoms with E-state index in [1.165, 1.54) is 14.2 Å². The van der Waals surface area contributed by atoms with Gasteiger partial charge in [-0.3, -0.25) is 19.3 Å². The van der Waals surface area contributed by atoms with E-state index in [1.54, 1.807) is 0 Å². The summed E-state index contributed by atoms with van der Waals surface area (Å²) in [5, 5.41) is 3.26. The fourth-order valence-electron chi connectivity index (χ4n) is 0.952. The average molecular weight is 201 g/mol. The van der Waals surface area contributed by atoms with Crippen LogP contribution in [0.5, 0.6) is 0 Å². The molecule has 0 bridgehead atoms. The second-order valence-electron chi connectivity index (χ2n) is 2.71. The molecule has 0 spiro atoms. The molecule has 7 nitrogen and oxygen atoms in total. The summed E-state index contributed by atoms with van der Waals surface area (Å²) in [6, 6.07) is -0.548. The number of imide groups is 1. The Labute approximate surface area is 80.5 Å². The third-order valence-electron chi connectivity index (χ3n) is 1.86. The number of nitrogens with one attached hydrogen (secondary N) is 1. The zero-order valence-electron chi connectivity index (χ0n) is 7.94. The highest BCUT2D eigenvalue weighted by molar-refractivity contribution is 6.04. The van der Waals surface area contributed by atoms with Gasteiger partial charge in [0.25, 0.3) is 11.8 Å². The third kappa shape index (κ3) is 1.99. The maximum absolute atomic E-state index is 11.2. The van der Waals surface area contributed by atoms with Crippen molar-refractivity contribution in [2.75, 3.05) is 27.2 Å². The van der Waals surface area contributed by atoms with Crippen molar-refractivity contribution in [3.63, 3.8) is 0 Å². The molecule has 1 N–H and O–H groups in total. The van der Waals surface area contributed by atoms with Crippen LogP contribution in [0.3, 0.4) is 0 Å². The first-order chi connectivity index (χ1) is 6.56. The van der Waals surface area contributed by atoms with Crippen LogP contribution < -0.4 is 5.32 Å². The number of urea groups is 1. The van der Waals surface area contributed by atoms with Crippen molar-refractivity contribution in [2.45, 2.75) is 0 Å². The molecule has 0 saturated carbocycles. The molecule has 0 aromatic carbocycles. The number of nitrogens with zero attached hydrogens (tertiary/aromatic N) is 2. The Kier molecular flexibility index (Phi) is 3.03. The predicted molar refractivity (Wildman–Crippen MR) is 44.9 cm³/mol. The van der Waals surface area contributed by atoms with E-state index in [1.807, 2.05) is 0 Å². The number of carbonyl (C=O) groups excluding carboxylic acids is 3. The number of likely N-dealkylation sites (N-methyl/N-ethyl adjacent to an activating group) is 1. The number of hydroxylamine groups is 2. The Hall–Kier alpha value is -1.63. The molecular weight excluding hydrogens is 190 g/mol. The molecule has 1 aliphatic rings. The monoisotopic (exact) mass is 201 g/mol. The van der Waals surface area contributed by atoms with Gasteiger partial charge in [0.1, 0.15) is 6.54 Å². The van der Waals surface area contributed by atoms with E-state index in [2.05, 4.69) is 10.2 Å². The Morgan fingerprint density at radius 2 is 2.29 bits per heavy atom. The van der Waals surface area contributed by atoms with E-state index >= 15 is 0 Å². The predicted octanol–water partition coefficient (Wildman–Crippen LogP) is -1.44. The first-order valence-electron chi connectivity index (χ1n) is 3.95. The van der Waals surface area contributed by atoms with Gasteiger partial charge >= 0.3 is 6.03 Å². The summed E-state index contributed by atoms with van der Waals surface area (Å²) in [6.45, 7) is -0.349. The van der Waals surface area contributed by atoms with Gasteiger partial charge in [0.15, 0.2) is 0 Å². The molecule has 1 rings (SSSR count). The summed E-state index contributed by atoms with van der Waals surface area (Å²) in [4.78, 5) is 38.8. The molecule has 14 heavy (non-hydrogen) atoms. The van der Waals surface area contributed by atoms with Crippen LogP contribution in [0.15, 0.2) is 0 Å². The summed E-state index contributed by atoms with van der Waals surface area (Å²) in [6.07, 6.45) is 0. The van der Waals surface area contributed by atoms with Crippen molar-refractivity contribution in [2.24, 2.45) is 0 Å². The second-order valence-corrected chi connectivity index (χ2v) is 2.71. The maximum atomic E-state index is 11.2. The molecule has 78 valence electrons. The van der Waals surface area contributed by atoms with Crippen LogP contribution in [0.4, 0.5) is 4.79 Å². The van der Waals surface area contributed by atoms with E-state index < -0.39 is 17.8 Å². The lowest BCUT2D eigenvalue weighted by Gasteiger charge is -2.17. The van der Waals surface area contributed by atoms with Crippen molar-refractivity contribution < 1.29 is 19.2 Å². The minimum absolute atomic E-state index is 0.0528. The highest BCUT2D eigenvalue weighted by atomic mass is 16.7. The molecule has 0 aliphatic carbocycles. The second kappa shape index (κ2) is 4.05. The fourth-order valence-corrected chi connectivity index (χ4v) is 0.952. The third-order valence-corrected chi connectivity index (χ3v) is 1.86. The molecule has 0 aromatic rings. The van der Waals surface area contributed by atoms with Crippen LogP contribution in [0.2, 0.25) is 0 Å². The minimum Gasteiger partial charge on any atom is -0.329 e. The van der Waals surface area contributed by atoms with Gasteiger partial charge in [0.2, 0.25) is 0 Å². The van der Waals surface area contributed by atoms with Gasteiger partial charge in [-0.05, 0) is 0 Å². The summed E-state index contributed by atoms with van der Waals surface area (Å²) < 4.78 is 0. The SMILES string of the molecule is CON(C)C(=O)CN1C(=O)CNC1=O. The molecule has 1 fully saturated rings. The molecule has 0 aromatic heterocycles. The molecule has 1 aliphatic heterocycles. The Bertz CT molecular complexity index is 262. The summed E-state index contributed by atoms with van der Waals surface area (Å²) in [7, 11) is 2.73. The number of amides is 4. The smallest absolute Gasteiger partial charge is 0.325 e. The zero-order valence-corrected chi connectivity index (χ0v) is 7.94. The van der Waals surface area contributed by atoms with Crippen LogP contribution in [-0.2, 0) is 14.4 Å². The Balaban J connectivity index is 2.55. The zero-order chi connectivity index (χ0) is 10.7. The Morgan fingerprint density at radius 1 is 1.64 bits per heavy atom. The van der Waals surface area contributed by atoms with Crippen LogP contribution >= 0.6 is 0 Å². The average Bonchev–Trinajstić information content (AvgIpc) is 2.48. The van der Waals surface area contributed by atoms with Gasteiger partial charge in [-0.1, -0.05) is 0 Å². The van der Waals surface area contributed by atoms with Gasteiger partial charge in [0, 0.05) is 7.05 Å². The van der Waals surface area contributed by atoms with Gasteiger partial charge in [-0.15, -0.1) is 0 Å². The van der Waals surface area contributed by atoms with Crippen molar-refractivity contribution in [3.8, 4) is 0 Å². The van der Waals surface area contributed by atoms with Crippen molar-refractivity contribution >= 4 is 17.8 Å². The first-order valence-corrected chi connectivity index (χ1v) is 3.95. The van der Waals surface area contributed by atoms with Crippen LogP contribution in [0, 0.1) is 0 Å². The first kappa shape index (κ1) is 10.5. The Morgan fingerprint density at radius 3 is 2.71 bits per heavy atom. The fraction of sp³-hybridized carbons (Fsp3) is 0.571. The van der Waals surface area contributed by atoms with E-state index in [-0.39, 0.29) is 13.1 Å². The molecule has 0 atom stereocenters. The largest absolute Gasteiger partial charge is 0.329 e. The van der Waals surface area contributed by atoms with Crippen molar-refractivity contribution in [1.29, 1.82) is 0 Å². The summed E-state index contributed by atoms with van der Waals surface area (Å²) in [5.41, 5.74) is 0. The number of hydrogen-bond donors (Lipinski definition) is 1. The van der Waals surface area contributed by atoms with Crippen molar-refractivity contribution in [3.05, 3.63) is 0 Å². The lowest BCUT2D eigenvalue weighted by Crippen LogP contribution is -2.41.